The summed E-state index contributed by atoms with van der Waals surface area (Å²) in [5.41, 5.74) is 2.73. The second-order valence-electron chi connectivity index (χ2n) is 8.49. The largest absolute Gasteiger partial charge is 0.460 e. The minimum atomic E-state index is -0.807. The molecular formula is C26H31N3O8. The van der Waals surface area contributed by atoms with Crippen LogP contribution in [0.2, 0.25) is 0 Å². The van der Waals surface area contributed by atoms with Crippen molar-refractivity contribution in [2.45, 2.75) is 46.6 Å². The Morgan fingerprint density at radius 1 is 1.03 bits per heavy atom. The number of carbonyl (C=O) groups is 3. The van der Waals surface area contributed by atoms with Gasteiger partial charge >= 0.3 is 23.8 Å². The molecule has 3 rings (SSSR count). The molecule has 1 unspecified atom stereocenters. The molecule has 2 aromatic rings. The van der Waals surface area contributed by atoms with Gasteiger partial charge in [-0.2, -0.15) is 4.98 Å². The summed E-state index contributed by atoms with van der Waals surface area (Å²) < 4.78 is 25.9. The molecule has 1 aliphatic rings. The summed E-state index contributed by atoms with van der Waals surface area (Å²) in [6.07, 6.45) is -0.371. The number of carbonyl (C=O) groups excluding carboxylic acids is 3. The van der Waals surface area contributed by atoms with Crippen LogP contribution in [-0.2, 0) is 28.5 Å². The molecular weight excluding hydrogens is 482 g/mol. The minimum absolute atomic E-state index is 0.0485. The Kier molecular flexibility index (Phi) is 9.18. The van der Waals surface area contributed by atoms with Crippen LogP contribution in [0.1, 0.15) is 56.8 Å². The molecule has 11 nitrogen and oxygen atoms in total. The van der Waals surface area contributed by atoms with Crippen LogP contribution in [0.3, 0.4) is 0 Å². The molecule has 0 radical (unpaired) electrons. The summed E-state index contributed by atoms with van der Waals surface area (Å²) in [7, 11) is 1.51. The number of hydrogen-bond acceptors (Lipinski definition) is 11. The van der Waals surface area contributed by atoms with Gasteiger partial charge in [-0.05, 0) is 46.2 Å². The number of rotatable bonds is 10. The number of hydrogen-bond donors (Lipinski definition) is 1. The molecule has 2 heterocycles. The number of ether oxygens (including phenoxy) is 4. The van der Waals surface area contributed by atoms with Crippen molar-refractivity contribution in [2.24, 2.45) is 0 Å². The first kappa shape index (κ1) is 27.6. The van der Waals surface area contributed by atoms with Crippen molar-refractivity contribution in [2.75, 3.05) is 26.9 Å². The van der Waals surface area contributed by atoms with Crippen molar-refractivity contribution < 1.29 is 37.9 Å². The van der Waals surface area contributed by atoms with Crippen LogP contribution < -0.4 is 5.32 Å². The van der Waals surface area contributed by atoms with Gasteiger partial charge in [0, 0.05) is 24.1 Å². The van der Waals surface area contributed by atoms with Gasteiger partial charge in [-0.25, -0.2) is 14.4 Å². The van der Waals surface area contributed by atoms with Gasteiger partial charge in [-0.15, -0.1) is 0 Å². The van der Waals surface area contributed by atoms with E-state index in [0.29, 0.717) is 22.5 Å². The molecule has 11 heteroatoms. The highest BCUT2D eigenvalue weighted by Crippen LogP contribution is 2.40. The summed E-state index contributed by atoms with van der Waals surface area (Å²) in [6.45, 7) is 9.09. The smallest absolute Gasteiger partial charge is 0.397 e. The molecule has 1 aromatic carbocycles. The second-order valence-corrected chi connectivity index (χ2v) is 8.49. The van der Waals surface area contributed by atoms with Gasteiger partial charge in [0.05, 0.1) is 36.4 Å². The second kappa shape index (κ2) is 12.3. The first-order chi connectivity index (χ1) is 17.7. The van der Waals surface area contributed by atoms with Crippen molar-refractivity contribution in [3.63, 3.8) is 0 Å². The third-order valence-corrected chi connectivity index (χ3v) is 5.42. The van der Waals surface area contributed by atoms with E-state index in [1.807, 2.05) is 0 Å². The summed E-state index contributed by atoms with van der Waals surface area (Å²) in [5, 5.41) is 7.00. The molecule has 0 saturated heterocycles. The van der Waals surface area contributed by atoms with E-state index in [1.54, 1.807) is 58.9 Å². The summed E-state index contributed by atoms with van der Waals surface area (Å²) >= 11 is 0. The van der Waals surface area contributed by atoms with Gasteiger partial charge in [0.2, 0.25) is 5.82 Å². The molecule has 0 amide bonds. The average molecular weight is 514 g/mol. The lowest BCUT2D eigenvalue weighted by atomic mass is 9.80. The molecule has 0 bridgehead atoms. The lowest BCUT2D eigenvalue weighted by Crippen LogP contribution is -2.33. The summed E-state index contributed by atoms with van der Waals surface area (Å²) in [6, 6.07) is 6.95. The molecule has 1 aromatic heterocycles. The Balaban J connectivity index is 2.08. The van der Waals surface area contributed by atoms with Crippen LogP contribution in [0.15, 0.2) is 51.3 Å². The number of allylic oxidation sites excluding steroid dienone is 2. The standard InChI is InChI=1S/C26H31N3O8/c1-7-34-26(32)23-28-22(29-37-23)18-10-8-9-17(13-18)21-19(24(30)35-12-11-33-6)15(4)27-16(5)20(21)25(31)36-14(2)3/h8-10,13-14,21,27H,7,11-12H2,1-6H3. The molecule has 0 spiro atoms. The van der Waals surface area contributed by atoms with Crippen LogP contribution in [0, 0.1) is 0 Å². The lowest BCUT2D eigenvalue weighted by Gasteiger charge is -2.31. The quantitative estimate of drug-likeness (QED) is 0.284. The van der Waals surface area contributed by atoms with Crippen molar-refractivity contribution in [3.05, 3.63) is 58.3 Å². The van der Waals surface area contributed by atoms with Crippen LogP contribution in [-0.4, -0.2) is 61.1 Å². The molecule has 198 valence electrons. The van der Waals surface area contributed by atoms with E-state index in [0.717, 1.165) is 0 Å². The third kappa shape index (κ3) is 6.42. The number of nitrogens with one attached hydrogen (secondary N) is 1. The fraction of sp³-hybridized carbons (Fsp3) is 0.423. The Morgan fingerprint density at radius 2 is 1.73 bits per heavy atom. The molecule has 0 fully saturated rings. The van der Waals surface area contributed by atoms with Gasteiger partial charge in [-0.1, -0.05) is 23.4 Å². The van der Waals surface area contributed by atoms with Crippen molar-refractivity contribution >= 4 is 17.9 Å². The fourth-order valence-electron chi connectivity index (χ4n) is 3.92. The van der Waals surface area contributed by atoms with E-state index < -0.39 is 23.8 Å². The maximum Gasteiger partial charge on any atom is 0.397 e. The highest BCUT2D eigenvalue weighted by atomic mass is 16.6. The summed E-state index contributed by atoms with van der Waals surface area (Å²) in [5.74, 6) is -2.82. The van der Waals surface area contributed by atoms with E-state index in [-0.39, 0.29) is 48.8 Å². The van der Waals surface area contributed by atoms with Crippen LogP contribution in [0.25, 0.3) is 11.4 Å². The zero-order valence-corrected chi connectivity index (χ0v) is 21.7. The predicted octanol–water partition coefficient (Wildman–Crippen LogP) is 3.29. The molecule has 1 atom stereocenters. The fourth-order valence-corrected chi connectivity index (χ4v) is 3.92. The monoisotopic (exact) mass is 513 g/mol. The predicted molar refractivity (Wildman–Crippen MR) is 131 cm³/mol. The topological polar surface area (TPSA) is 139 Å². The van der Waals surface area contributed by atoms with Crippen molar-refractivity contribution in [3.8, 4) is 11.4 Å². The number of esters is 3. The van der Waals surface area contributed by atoms with Gasteiger partial charge in [0.1, 0.15) is 6.61 Å². The molecule has 0 saturated carbocycles. The third-order valence-electron chi connectivity index (χ3n) is 5.42. The molecule has 1 aliphatic heterocycles. The van der Waals surface area contributed by atoms with Gasteiger partial charge in [0.15, 0.2) is 0 Å². The van der Waals surface area contributed by atoms with Crippen LogP contribution >= 0.6 is 0 Å². The van der Waals surface area contributed by atoms with Crippen LogP contribution in [0.5, 0.6) is 0 Å². The number of methoxy groups -OCH3 is 1. The van der Waals surface area contributed by atoms with Gasteiger partial charge in [-0.3, -0.25) is 0 Å². The van der Waals surface area contributed by atoms with Gasteiger partial charge < -0.3 is 28.8 Å². The SMILES string of the molecule is CCOC(=O)c1nc(-c2cccc(C3C(C(=O)OCCOC)=C(C)NC(C)=C3C(=O)OC(C)C)c2)no1. The van der Waals surface area contributed by atoms with E-state index >= 15 is 0 Å². The maximum absolute atomic E-state index is 13.2. The van der Waals surface area contributed by atoms with Crippen LogP contribution in [0.4, 0.5) is 0 Å². The Labute approximate surface area is 214 Å². The van der Waals surface area contributed by atoms with E-state index in [4.69, 9.17) is 23.5 Å². The molecule has 1 N–H and O–H groups in total. The zero-order valence-electron chi connectivity index (χ0n) is 21.7. The molecule has 37 heavy (non-hydrogen) atoms. The zero-order chi connectivity index (χ0) is 27.1. The lowest BCUT2D eigenvalue weighted by molar-refractivity contribution is -0.143. The number of nitrogens with zero attached hydrogens (tertiary/aromatic N) is 2. The number of dihydropyridines is 1. The summed E-state index contributed by atoms with van der Waals surface area (Å²) in [4.78, 5) is 42.5. The number of benzene rings is 1. The maximum atomic E-state index is 13.2. The Bertz CT molecular complexity index is 1230. The Hall–Kier alpha value is -3.99. The van der Waals surface area contributed by atoms with Crippen molar-refractivity contribution in [1.82, 2.24) is 15.5 Å². The first-order valence-electron chi connectivity index (χ1n) is 11.8. The average Bonchev–Trinajstić information content (AvgIpc) is 3.34. The van der Waals surface area contributed by atoms with Crippen molar-refractivity contribution in [1.29, 1.82) is 0 Å². The van der Waals surface area contributed by atoms with E-state index in [2.05, 4.69) is 15.5 Å². The number of aromatic nitrogens is 2. The normalized spacial score (nSPS) is 15.5. The van der Waals surface area contributed by atoms with E-state index in [9.17, 15) is 14.4 Å². The highest BCUT2D eigenvalue weighted by molar-refractivity contribution is 6.00. The van der Waals surface area contributed by atoms with Gasteiger partial charge in [0.25, 0.3) is 0 Å². The van der Waals surface area contributed by atoms with E-state index in [1.165, 1.54) is 7.11 Å². The first-order valence-corrected chi connectivity index (χ1v) is 11.8. The minimum Gasteiger partial charge on any atom is -0.460 e. The molecule has 0 aliphatic carbocycles. The highest BCUT2D eigenvalue weighted by Gasteiger charge is 2.38. The Morgan fingerprint density at radius 3 is 2.38 bits per heavy atom.